The first-order chi connectivity index (χ1) is 11.0. The van der Waals surface area contributed by atoms with Crippen molar-refractivity contribution in [1.29, 1.82) is 0 Å². The van der Waals surface area contributed by atoms with Gasteiger partial charge in [0.2, 0.25) is 0 Å². The second-order valence-electron chi connectivity index (χ2n) is 5.94. The van der Waals surface area contributed by atoms with Crippen LogP contribution in [0.25, 0.3) is 0 Å². The van der Waals surface area contributed by atoms with Crippen LogP contribution in [0.5, 0.6) is 0 Å². The number of rotatable bonds is 6. The third kappa shape index (κ3) is 4.37. The molecule has 0 N–H and O–H groups in total. The lowest BCUT2D eigenvalue weighted by Gasteiger charge is -2.24. The molecule has 1 aliphatic carbocycles. The number of methoxy groups -OCH3 is 1. The molecular formula is C17H21NO5. The summed E-state index contributed by atoms with van der Waals surface area (Å²) in [4.78, 5) is 35.1. The molecule has 1 aromatic carbocycles. The van der Waals surface area contributed by atoms with E-state index in [4.69, 9.17) is 4.74 Å². The van der Waals surface area contributed by atoms with Gasteiger partial charge in [0.05, 0.1) is 12.0 Å². The van der Waals surface area contributed by atoms with Crippen molar-refractivity contribution in [3.8, 4) is 0 Å². The molecule has 23 heavy (non-hydrogen) atoms. The number of hydrogen-bond acceptors (Lipinski definition) is 5. The predicted octanol–water partition coefficient (Wildman–Crippen LogP) is 3.08. The minimum atomic E-state index is -0.884. The van der Waals surface area contributed by atoms with Gasteiger partial charge < -0.3 is 4.74 Å². The molecule has 1 aromatic rings. The molecule has 0 saturated heterocycles. The molecule has 0 bridgehead atoms. The first kappa shape index (κ1) is 17.1. The average Bonchev–Trinajstić information content (AvgIpc) is 2.59. The smallest absolute Gasteiger partial charge is 0.316 e. The topological polar surface area (TPSA) is 86.5 Å². The Hall–Kier alpha value is -2.24. The van der Waals surface area contributed by atoms with E-state index in [1.807, 2.05) is 0 Å². The lowest BCUT2D eigenvalue weighted by Crippen LogP contribution is -2.33. The number of ketones is 1. The van der Waals surface area contributed by atoms with E-state index in [2.05, 4.69) is 0 Å². The van der Waals surface area contributed by atoms with Crippen molar-refractivity contribution in [2.24, 2.45) is 11.8 Å². The van der Waals surface area contributed by atoms with Crippen LogP contribution < -0.4 is 0 Å². The van der Waals surface area contributed by atoms with E-state index in [0.29, 0.717) is 5.56 Å². The number of Topliss-reactive ketones (excluding diaryl/α,β-unsaturated/α-hetero) is 1. The van der Waals surface area contributed by atoms with Crippen molar-refractivity contribution >= 4 is 17.4 Å². The Kier molecular flexibility index (Phi) is 5.84. The Labute approximate surface area is 135 Å². The van der Waals surface area contributed by atoms with Gasteiger partial charge in [-0.05, 0) is 24.8 Å². The molecule has 6 heteroatoms. The number of nitrogens with zero attached hydrogens (tertiary/aromatic N) is 1. The lowest BCUT2D eigenvalue weighted by atomic mass is 9.80. The van der Waals surface area contributed by atoms with Gasteiger partial charge in [-0.15, -0.1) is 0 Å². The summed E-state index contributed by atoms with van der Waals surface area (Å²) < 4.78 is 4.78. The van der Waals surface area contributed by atoms with Gasteiger partial charge in [-0.1, -0.05) is 31.4 Å². The predicted molar refractivity (Wildman–Crippen MR) is 83.9 cm³/mol. The Morgan fingerprint density at radius 3 is 2.61 bits per heavy atom. The minimum Gasteiger partial charge on any atom is -0.468 e. The van der Waals surface area contributed by atoms with Crippen molar-refractivity contribution in [2.75, 3.05) is 7.11 Å². The zero-order chi connectivity index (χ0) is 16.8. The highest BCUT2D eigenvalue weighted by molar-refractivity contribution is 6.00. The number of carbonyl (C=O) groups is 2. The van der Waals surface area contributed by atoms with Crippen LogP contribution in [0, 0.1) is 22.0 Å². The van der Waals surface area contributed by atoms with E-state index in [-0.39, 0.29) is 23.8 Å². The van der Waals surface area contributed by atoms with Crippen molar-refractivity contribution in [3.63, 3.8) is 0 Å². The molecule has 0 amide bonds. The summed E-state index contributed by atoms with van der Waals surface area (Å²) in [5.74, 6) is -1.65. The molecule has 124 valence electrons. The Morgan fingerprint density at radius 1 is 1.30 bits per heavy atom. The molecule has 1 aliphatic rings. The van der Waals surface area contributed by atoms with Gasteiger partial charge in [0.15, 0.2) is 5.78 Å². The normalized spacial score (nSPS) is 16.6. The maximum absolute atomic E-state index is 12.7. The number of nitro benzene ring substituents is 1. The van der Waals surface area contributed by atoms with Gasteiger partial charge in [0, 0.05) is 18.1 Å². The average molecular weight is 319 g/mol. The Morgan fingerprint density at radius 2 is 2.00 bits per heavy atom. The van der Waals surface area contributed by atoms with E-state index in [0.717, 1.165) is 32.1 Å². The Bertz CT molecular complexity index is 592. The second-order valence-corrected chi connectivity index (χ2v) is 5.94. The molecule has 6 nitrogen and oxygen atoms in total. The van der Waals surface area contributed by atoms with Crippen molar-refractivity contribution in [3.05, 3.63) is 39.9 Å². The van der Waals surface area contributed by atoms with Crippen molar-refractivity contribution in [1.82, 2.24) is 0 Å². The van der Waals surface area contributed by atoms with Gasteiger partial charge in [-0.3, -0.25) is 19.7 Å². The summed E-state index contributed by atoms with van der Waals surface area (Å²) in [7, 11) is 1.26. The fraction of sp³-hybridized carbons (Fsp3) is 0.529. The van der Waals surface area contributed by atoms with Crippen LogP contribution in [0.1, 0.15) is 37.7 Å². The van der Waals surface area contributed by atoms with Gasteiger partial charge in [-0.25, -0.2) is 0 Å². The summed E-state index contributed by atoms with van der Waals surface area (Å²) in [6.45, 7) is 0. The number of non-ortho nitro benzene ring substituents is 1. The number of ether oxygens (including phenoxy) is 1. The quantitative estimate of drug-likeness (QED) is 0.348. The number of benzene rings is 1. The van der Waals surface area contributed by atoms with E-state index in [1.165, 1.54) is 19.2 Å². The van der Waals surface area contributed by atoms with Gasteiger partial charge in [-0.2, -0.15) is 0 Å². The molecule has 0 radical (unpaired) electrons. The standard InChI is InChI=1S/C17H21NO5/c1-23-17(20)15(16(19)13-7-3-2-4-8-13)11-12-6-5-9-14(10-12)18(21)22/h5-6,9-10,13,15H,2-4,7-8,11H2,1H3. The van der Waals surface area contributed by atoms with Gasteiger partial charge in [0.25, 0.3) is 5.69 Å². The molecule has 1 fully saturated rings. The SMILES string of the molecule is COC(=O)C(Cc1cccc([N+](=O)[O-])c1)C(=O)C1CCCCC1. The zero-order valence-electron chi connectivity index (χ0n) is 13.2. The van der Waals surface area contributed by atoms with Gasteiger partial charge in [0.1, 0.15) is 5.92 Å². The van der Waals surface area contributed by atoms with Crippen molar-refractivity contribution in [2.45, 2.75) is 38.5 Å². The summed E-state index contributed by atoms with van der Waals surface area (Å²) in [6.07, 6.45) is 4.88. The molecule has 1 saturated carbocycles. The highest BCUT2D eigenvalue weighted by Crippen LogP contribution is 2.28. The van der Waals surface area contributed by atoms with E-state index < -0.39 is 16.8 Å². The Balaban J connectivity index is 2.18. The number of esters is 1. The number of hydrogen-bond donors (Lipinski definition) is 0. The summed E-state index contributed by atoms with van der Waals surface area (Å²) in [5.41, 5.74) is 0.551. The van der Waals surface area contributed by atoms with Crippen LogP contribution in [0.2, 0.25) is 0 Å². The fourth-order valence-electron chi connectivity index (χ4n) is 3.15. The molecule has 0 spiro atoms. The highest BCUT2D eigenvalue weighted by atomic mass is 16.6. The van der Waals surface area contributed by atoms with Crippen LogP contribution >= 0.6 is 0 Å². The summed E-state index contributed by atoms with van der Waals surface area (Å²) in [6, 6.07) is 6.05. The minimum absolute atomic E-state index is 0.0452. The van der Waals surface area contributed by atoms with E-state index in [1.54, 1.807) is 12.1 Å². The summed E-state index contributed by atoms with van der Waals surface area (Å²) >= 11 is 0. The molecule has 0 heterocycles. The van der Waals surface area contributed by atoms with E-state index >= 15 is 0 Å². The van der Waals surface area contributed by atoms with Crippen molar-refractivity contribution < 1.29 is 19.2 Å². The highest BCUT2D eigenvalue weighted by Gasteiger charge is 2.34. The monoisotopic (exact) mass is 319 g/mol. The molecule has 0 aromatic heterocycles. The van der Waals surface area contributed by atoms with E-state index in [9.17, 15) is 19.7 Å². The zero-order valence-corrected chi connectivity index (χ0v) is 13.2. The van der Waals surface area contributed by atoms with Gasteiger partial charge >= 0.3 is 5.97 Å². The third-order valence-electron chi connectivity index (χ3n) is 4.40. The number of nitro groups is 1. The van der Waals surface area contributed by atoms with Crippen LogP contribution in [0.15, 0.2) is 24.3 Å². The first-order valence-corrected chi connectivity index (χ1v) is 7.88. The molecule has 0 aliphatic heterocycles. The summed E-state index contributed by atoms with van der Waals surface area (Å²) in [5, 5.41) is 10.9. The van der Waals surface area contributed by atoms with Crippen LogP contribution in [0.4, 0.5) is 5.69 Å². The van der Waals surface area contributed by atoms with Crippen LogP contribution in [-0.4, -0.2) is 23.8 Å². The molecule has 2 rings (SSSR count). The largest absolute Gasteiger partial charge is 0.468 e. The lowest BCUT2D eigenvalue weighted by molar-refractivity contribution is -0.384. The maximum atomic E-state index is 12.7. The van der Waals surface area contributed by atoms with Crippen LogP contribution in [0.3, 0.4) is 0 Å². The number of carbonyl (C=O) groups excluding carboxylic acids is 2. The fourth-order valence-corrected chi connectivity index (χ4v) is 3.15. The second kappa shape index (κ2) is 7.85. The van der Waals surface area contributed by atoms with Crippen LogP contribution in [-0.2, 0) is 20.7 Å². The maximum Gasteiger partial charge on any atom is 0.316 e. The third-order valence-corrected chi connectivity index (χ3v) is 4.40. The molecule has 1 unspecified atom stereocenters. The molecule has 1 atom stereocenters. The molecular weight excluding hydrogens is 298 g/mol. The first-order valence-electron chi connectivity index (χ1n) is 7.88.